The predicted octanol–water partition coefficient (Wildman–Crippen LogP) is 3.73. The molecule has 0 spiro atoms. The minimum absolute atomic E-state index is 0.0272. The van der Waals surface area contributed by atoms with Crippen molar-refractivity contribution in [3.63, 3.8) is 0 Å². The highest BCUT2D eigenvalue weighted by Crippen LogP contribution is 2.36. The van der Waals surface area contributed by atoms with Crippen LogP contribution in [0.15, 0.2) is 28.9 Å². The van der Waals surface area contributed by atoms with Crippen LogP contribution in [0, 0.1) is 11.7 Å². The molecule has 5 heteroatoms. The lowest BCUT2D eigenvalue weighted by Gasteiger charge is -2.02. The molecule has 0 saturated heterocycles. The molecule has 0 radical (unpaired) electrons. The van der Waals surface area contributed by atoms with Crippen LogP contribution in [-0.4, -0.2) is 10.9 Å². The van der Waals surface area contributed by atoms with Crippen molar-refractivity contribution in [3.8, 4) is 11.3 Å². The third kappa shape index (κ3) is 1.93. The second kappa shape index (κ2) is 4.21. The minimum Gasteiger partial charge on any atom is -0.355 e. The Morgan fingerprint density at radius 2 is 2.22 bits per heavy atom. The van der Waals surface area contributed by atoms with Crippen LogP contribution < -0.4 is 0 Å². The number of benzene rings is 1. The van der Waals surface area contributed by atoms with Gasteiger partial charge in [-0.15, -0.1) is 0 Å². The summed E-state index contributed by atoms with van der Waals surface area (Å²) in [7, 11) is 0. The van der Waals surface area contributed by atoms with Crippen LogP contribution in [0.4, 0.5) is 4.39 Å². The molecule has 1 aliphatic rings. The van der Waals surface area contributed by atoms with Crippen molar-refractivity contribution >= 4 is 17.4 Å². The van der Waals surface area contributed by atoms with Crippen molar-refractivity contribution in [1.29, 1.82) is 0 Å². The maximum absolute atomic E-state index is 13.8. The molecule has 0 aliphatic heterocycles. The summed E-state index contributed by atoms with van der Waals surface area (Å²) in [5, 5.41) is 3.89. The minimum atomic E-state index is -0.524. The summed E-state index contributed by atoms with van der Waals surface area (Å²) < 4.78 is 18.8. The van der Waals surface area contributed by atoms with Gasteiger partial charge in [0.2, 0.25) is 0 Å². The maximum atomic E-state index is 13.8. The summed E-state index contributed by atoms with van der Waals surface area (Å²) in [5.74, 6) is -0.329. The number of ketones is 1. The third-order valence-corrected chi connectivity index (χ3v) is 3.19. The number of Topliss-reactive ketones (excluding diaryl/α,β-unsaturated/α-hetero) is 1. The number of hydrogen-bond acceptors (Lipinski definition) is 3. The lowest BCUT2D eigenvalue weighted by molar-refractivity contribution is 0.0968. The number of rotatable bonds is 3. The highest BCUT2D eigenvalue weighted by molar-refractivity contribution is 6.30. The van der Waals surface area contributed by atoms with Crippen molar-refractivity contribution in [3.05, 3.63) is 40.8 Å². The van der Waals surface area contributed by atoms with Gasteiger partial charge in [-0.25, -0.2) is 4.39 Å². The second-order valence-corrected chi connectivity index (χ2v) is 4.77. The number of nitrogens with zero attached hydrogens (tertiary/aromatic N) is 1. The number of carbonyl (C=O) groups excluding carboxylic acids is 1. The van der Waals surface area contributed by atoms with Crippen LogP contribution in [0.5, 0.6) is 0 Å². The van der Waals surface area contributed by atoms with Gasteiger partial charge in [0.1, 0.15) is 5.82 Å². The largest absolute Gasteiger partial charge is 0.355 e. The van der Waals surface area contributed by atoms with Gasteiger partial charge >= 0.3 is 0 Å². The topological polar surface area (TPSA) is 43.1 Å². The fraction of sp³-hybridized carbons (Fsp3) is 0.231. The Hall–Kier alpha value is -1.68. The second-order valence-electron chi connectivity index (χ2n) is 4.33. The van der Waals surface area contributed by atoms with E-state index in [2.05, 4.69) is 5.16 Å². The molecule has 1 aromatic carbocycles. The first-order valence-electron chi connectivity index (χ1n) is 5.61. The normalized spacial score (nSPS) is 14.8. The van der Waals surface area contributed by atoms with E-state index in [0.29, 0.717) is 10.6 Å². The van der Waals surface area contributed by atoms with Gasteiger partial charge in [0, 0.05) is 10.9 Å². The van der Waals surface area contributed by atoms with E-state index in [4.69, 9.17) is 16.1 Å². The van der Waals surface area contributed by atoms with Crippen LogP contribution >= 0.6 is 11.6 Å². The molecule has 1 fully saturated rings. The van der Waals surface area contributed by atoms with Gasteiger partial charge in [0.05, 0.1) is 17.3 Å². The number of halogens is 2. The predicted molar refractivity (Wildman–Crippen MR) is 64.0 cm³/mol. The quantitative estimate of drug-likeness (QED) is 0.794. The molecule has 0 unspecified atom stereocenters. The summed E-state index contributed by atoms with van der Waals surface area (Å²) in [4.78, 5) is 12.0. The Bertz CT molecular complexity index is 619. The summed E-state index contributed by atoms with van der Waals surface area (Å²) in [6.45, 7) is 0. The average Bonchev–Trinajstić information content (AvgIpc) is 3.07. The molecule has 1 aliphatic carbocycles. The smallest absolute Gasteiger partial charge is 0.180 e. The number of hydrogen-bond donors (Lipinski definition) is 0. The van der Waals surface area contributed by atoms with E-state index >= 15 is 0 Å². The van der Waals surface area contributed by atoms with E-state index in [1.54, 1.807) is 6.07 Å². The molecule has 3 rings (SSSR count). The molecule has 92 valence electrons. The Labute approximate surface area is 108 Å². The van der Waals surface area contributed by atoms with Gasteiger partial charge in [0.25, 0.3) is 0 Å². The first-order valence-corrected chi connectivity index (χ1v) is 5.99. The molecule has 1 heterocycles. The van der Waals surface area contributed by atoms with E-state index < -0.39 is 5.82 Å². The Morgan fingerprint density at radius 3 is 2.89 bits per heavy atom. The lowest BCUT2D eigenvalue weighted by atomic mass is 10.0. The molecule has 0 amide bonds. The van der Waals surface area contributed by atoms with Crippen molar-refractivity contribution in [2.24, 2.45) is 5.92 Å². The van der Waals surface area contributed by atoms with E-state index in [1.165, 1.54) is 18.3 Å². The molecular formula is C13H9ClFNO2. The van der Waals surface area contributed by atoms with Gasteiger partial charge in [-0.1, -0.05) is 16.8 Å². The Balaban J connectivity index is 2.06. The van der Waals surface area contributed by atoms with E-state index in [0.717, 1.165) is 12.8 Å². The standard InChI is InChI=1S/C13H9ClFNO2/c14-8-3-4-9(11(15)5-8)13-10(6-16-18-13)12(17)7-1-2-7/h3-7H,1-2H2. The molecule has 3 nitrogen and oxygen atoms in total. The zero-order valence-electron chi connectivity index (χ0n) is 9.32. The van der Waals surface area contributed by atoms with Gasteiger partial charge in [-0.3, -0.25) is 4.79 Å². The van der Waals surface area contributed by atoms with Crippen LogP contribution in [0.1, 0.15) is 23.2 Å². The van der Waals surface area contributed by atoms with E-state index in [-0.39, 0.29) is 23.0 Å². The summed E-state index contributed by atoms with van der Waals surface area (Å²) in [5.41, 5.74) is 0.555. The number of carbonyl (C=O) groups is 1. The lowest BCUT2D eigenvalue weighted by Crippen LogP contribution is -2.01. The van der Waals surface area contributed by atoms with Crippen LogP contribution in [0.25, 0.3) is 11.3 Å². The Morgan fingerprint density at radius 1 is 1.44 bits per heavy atom. The highest BCUT2D eigenvalue weighted by atomic mass is 35.5. The summed E-state index contributed by atoms with van der Waals surface area (Å²) in [6, 6.07) is 4.22. The first-order chi connectivity index (χ1) is 8.66. The summed E-state index contributed by atoms with van der Waals surface area (Å²) >= 11 is 5.69. The van der Waals surface area contributed by atoms with Crippen LogP contribution in [0.3, 0.4) is 0 Å². The molecule has 1 saturated carbocycles. The van der Waals surface area contributed by atoms with E-state index in [9.17, 15) is 9.18 Å². The third-order valence-electron chi connectivity index (χ3n) is 2.96. The van der Waals surface area contributed by atoms with Gasteiger partial charge in [-0.2, -0.15) is 0 Å². The van der Waals surface area contributed by atoms with E-state index in [1.807, 2.05) is 0 Å². The van der Waals surface area contributed by atoms with Crippen LogP contribution in [-0.2, 0) is 0 Å². The Kier molecular flexibility index (Phi) is 2.67. The fourth-order valence-corrected chi connectivity index (χ4v) is 2.01. The zero-order chi connectivity index (χ0) is 12.7. The van der Waals surface area contributed by atoms with Gasteiger partial charge in [-0.05, 0) is 31.0 Å². The SMILES string of the molecule is O=C(c1cnoc1-c1ccc(Cl)cc1F)C1CC1. The molecule has 0 atom stereocenters. The average molecular weight is 266 g/mol. The molecule has 2 aromatic rings. The monoisotopic (exact) mass is 265 g/mol. The zero-order valence-corrected chi connectivity index (χ0v) is 10.1. The van der Waals surface area contributed by atoms with Crippen molar-refractivity contribution < 1.29 is 13.7 Å². The first kappa shape index (κ1) is 11.4. The molecule has 0 bridgehead atoms. The highest BCUT2D eigenvalue weighted by Gasteiger charge is 2.34. The van der Waals surface area contributed by atoms with Crippen molar-refractivity contribution in [2.45, 2.75) is 12.8 Å². The van der Waals surface area contributed by atoms with Crippen molar-refractivity contribution in [1.82, 2.24) is 5.16 Å². The molecule has 1 aromatic heterocycles. The molecule has 18 heavy (non-hydrogen) atoms. The van der Waals surface area contributed by atoms with Crippen LogP contribution in [0.2, 0.25) is 5.02 Å². The summed E-state index contributed by atoms with van der Waals surface area (Å²) in [6.07, 6.45) is 3.11. The van der Waals surface area contributed by atoms with Crippen molar-refractivity contribution in [2.75, 3.05) is 0 Å². The number of aromatic nitrogens is 1. The van der Waals surface area contributed by atoms with Gasteiger partial charge in [0.15, 0.2) is 11.5 Å². The maximum Gasteiger partial charge on any atom is 0.180 e. The molecular weight excluding hydrogens is 257 g/mol. The van der Waals surface area contributed by atoms with Gasteiger partial charge < -0.3 is 4.52 Å². The fourth-order valence-electron chi connectivity index (χ4n) is 1.85. The molecule has 0 N–H and O–H groups in total.